The maximum atomic E-state index is 12.4. The predicted molar refractivity (Wildman–Crippen MR) is 113 cm³/mol. The van der Waals surface area contributed by atoms with Crippen molar-refractivity contribution in [2.75, 3.05) is 11.9 Å². The molecule has 158 valence electrons. The fourth-order valence-electron chi connectivity index (χ4n) is 2.71. The highest BCUT2D eigenvalue weighted by atomic mass is 16.6. The van der Waals surface area contributed by atoms with E-state index in [2.05, 4.69) is 5.32 Å². The topological polar surface area (TPSA) is 108 Å². The number of rotatable bonds is 9. The van der Waals surface area contributed by atoms with E-state index >= 15 is 0 Å². The van der Waals surface area contributed by atoms with Crippen molar-refractivity contribution >= 4 is 23.3 Å². The standard InChI is InChI=1S/C23H20N2O6/c26-22(30-15-18-10-12-19(13-11-18)25(28)29)14-24-21-9-5-4-8-20(21)23(27)31-16-17-6-2-1-3-7-17/h1-13,24H,14-16H2. The Morgan fingerprint density at radius 2 is 1.42 bits per heavy atom. The van der Waals surface area contributed by atoms with Crippen molar-refractivity contribution in [1.29, 1.82) is 0 Å². The summed E-state index contributed by atoms with van der Waals surface area (Å²) in [6.45, 7) is -0.0273. The minimum Gasteiger partial charge on any atom is -0.460 e. The van der Waals surface area contributed by atoms with E-state index in [-0.39, 0.29) is 25.4 Å². The molecule has 0 bridgehead atoms. The molecule has 0 heterocycles. The molecule has 0 aliphatic rings. The quantitative estimate of drug-likeness (QED) is 0.315. The van der Waals surface area contributed by atoms with Crippen molar-refractivity contribution < 1.29 is 24.0 Å². The van der Waals surface area contributed by atoms with Gasteiger partial charge < -0.3 is 14.8 Å². The van der Waals surface area contributed by atoms with Crippen molar-refractivity contribution in [2.45, 2.75) is 13.2 Å². The molecule has 0 spiro atoms. The molecular weight excluding hydrogens is 400 g/mol. The first-order valence-electron chi connectivity index (χ1n) is 9.46. The second-order valence-electron chi connectivity index (χ2n) is 6.55. The van der Waals surface area contributed by atoms with Crippen LogP contribution >= 0.6 is 0 Å². The first-order valence-corrected chi connectivity index (χ1v) is 9.46. The highest BCUT2D eigenvalue weighted by Crippen LogP contribution is 2.17. The van der Waals surface area contributed by atoms with E-state index in [0.29, 0.717) is 16.8 Å². The maximum absolute atomic E-state index is 12.4. The Morgan fingerprint density at radius 3 is 2.13 bits per heavy atom. The van der Waals surface area contributed by atoms with E-state index in [1.807, 2.05) is 30.3 Å². The number of para-hydroxylation sites is 1. The van der Waals surface area contributed by atoms with Gasteiger partial charge in [-0.2, -0.15) is 0 Å². The van der Waals surface area contributed by atoms with Crippen molar-refractivity contribution in [3.05, 3.63) is 106 Å². The van der Waals surface area contributed by atoms with Gasteiger partial charge in [0.25, 0.3) is 5.69 Å². The number of nitrogens with one attached hydrogen (secondary N) is 1. The Kier molecular flexibility index (Phi) is 7.31. The van der Waals surface area contributed by atoms with Crippen LogP contribution in [0.1, 0.15) is 21.5 Å². The summed E-state index contributed by atoms with van der Waals surface area (Å²) in [5, 5.41) is 13.6. The molecule has 0 radical (unpaired) electrons. The van der Waals surface area contributed by atoms with Gasteiger partial charge in [-0.25, -0.2) is 4.79 Å². The summed E-state index contributed by atoms with van der Waals surface area (Å²) in [6.07, 6.45) is 0. The molecule has 3 aromatic carbocycles. The number of ether oxygens (including phenoxy) is 2. The number of benzene rings is 3. The van der Waals surface area contributed by atoms with Gasteiger partial charge in [-0.1, -0.05) is 42.5 Å². The summed E-state index contributed by atoms with van der Waals surface area (Å²) in [4.78, 5) is 34.7. The highest BCUT2D eigenvalue weighted by molar-refractivity contribution is 5.96. The third-order valence-electron chi connectivity index (χ3n) is 4.33. The SMILES string of the molecule is O=C(CNc1ccccc1C(=O)OCc1ccccc1)OCc1ccc([N+](=O)[O-])cc1. The monoisotopic (exact) mass is 420 g/mol. The van der Waals surface area contributed by atoms with Gasteiger partial charge in [0.1, 0.15) is 19.8 Å². The number of nitro benzene ring substituents is 1. The molecule has 0 saturated carbocycles. The van der Waals surface area contributed by atoms with Crippen LogP contribution in [0.25, 0.3) is 0 Å². The maximum Gasteiger partial charge on any atom is 0.340 e. The van der Waals surface area contributed by atoms with Gasteiger partial charge in [0.2, 0.25) is 0 Å². The van der Waals surface area contributed by atoms with Gasteiger partial charge in [0, 0.05) is 17.8 Å². The van der Waals surface area contributed by atoms with Crippen LogP contribution in [0.15, 0.2) is 78.9 Å². The zero-order valence-corrected chi connectivity index (χ0v) is 16.5. The molecule has 0 unspecified atom stereocenters. The largest absolute Gasteiger partial charge is 0.460 e. The van der Waals surface area contributed by atoms with E-state index in [4.69, 9.17) is 9.47 Å². The summed E-state index contributed by atoms with van der Waals surface area (Å²) in [6, 6.07) is 21.8. The molecule has 0 atom stereocenters. The average Bonchev–Trinajstić information content (AvgIpc) is 2.81. The lowest BCUT2D eigenvalue weighted by Gasteiger charge is -2.12. The molecule has 3 aromatic rings. The Labute approximate surface area is 178 Å². The third kappa shape index (κ3) is 6.40. The summed E-state index contributed by atoms with van der Waals surface area (Å²) in [5.41, 5.74) is 2.22. The number of nitrogens with zero attached hydrogens (tertiary/aromatic N) is 1. The number of hydrogen-bond acceptors (Lipinski definition) is 7. The Hall–Kier alpha value is -4.20. The molecule has 3 rings (SSSR count). The Balaban J connectivity index is 1.51. The molecule has 0 fully saturated rings. The van der Waals surface area contributed by atoms with Crippen LogP contribution in [-0.4, -0.2) is 23.4 Å². The molecule has 31 heavy (non-hydrogen) atoms. The number of anilines is 1. The summed E-state index contributed by atoms with van der Waals surface area (Å²) < 4.78 is 10.5. The van der Waals surface area contributed by atoms with Crippen molar-refractivity contribution in [3.63, 3.8) is 0 Å². The second-order valence-corrected chi connectivity index (χ2v) is 6.55. The van der Waals surface area contributed by atoms with E-state index < -0.39 is 16.9 Å². The molecule has 0 aliphatic carbocycles. The number of carbonyl (C=O) groups excluding carboxylic acids is 2. The number of carbonyl (C=O) groups is 2. The van der Waals surface area contributed by atoms with Crippen LogP contribution in [0, 0.1) is 10.1 Å². The molecule has 0 aliphatic heterocycles. The lowest BCUT2D eigenvalue weighted by atomic mass is 10.1. The normalized spacial score (nSPS) is 10.2. The smallest absolute Gasteiger partial charge is 0.340 e. The van der Waals surface area contributed by atoms with E-state index in [0.717, 1.165) is 5.56 Å². The minimum atomic E-state index is -0.536. The summed E-state index contributed by atoms with van der Waals surface area (Å²) in [7, 11) is 0. The van der Waals surface area contributed by atoms with Gasteiger partial charge >= 0.3 is 11.9 Å². The minimum absolute atomic E-state index is 0.0146. The Morgan fingerprint density at radius 1 is 0.806 bits per heavy atom. The molecule has 8 nitrogen and oxygen atoms in total. The van der Waals surface area contributed by atoms with Crippen LogP contribution in [0.2, 0.25) is 0 Å². The molecule has 0 aromatic heterocycles. The Bertz CT molecular complexity index is 1050. The highest BCUT2D eigenvalue weighted by Gasteiger charge is 2.14. The van der Waals surface area contributed by atoms with Gasteiger partial charge in [0.15, 0.2) is 0 Å². The first kappa shape index (κ1) is 21.5. The van der Waals surface area contributed by atoms with Gasteiger partial charge in [0.05, 0.1) is 10.5 Å². The van der Waals surface area contributed by atoms with Crippen LogP contribution in [0.5, 0.6) is 0 Å². The predicted octanol–water partition coefficient (Wildman–Crippen LogP) is 4.11. The fraction of sp³-hybridized carbons (Fsp3) is 0.130. The number of non-ortho nitro benzene ring substituents is 1. The molecule has 0 amide bonds. The van der Waals surface area contributed by atoms with E-state index in [1.54, 1.807) is 24.3 Å². The zero-order chi connectivity index (χ0) is 22.1. The van der Waals surface area contributed by atoms with E-state index in [9.17, 15) is 19.7 Å². The summed E-state index contributed by atoms with van der Waals surface area (Å²) in [5.74, 6) is -1.04. The third-order valence-corrected chi connectivity index (χ3v) is 4.33. The van der Waals surface area contributed by atoms with Crippen LogP contribution < -0.4 is 5.32 Å². The van der Waals surface area contributed by atoms with Gasteiger partial charge in [-0.05, 0) is 35.4 Å². The number of nitro groups is 1. The van der Waals surface area contributed by atoms with Crippen LogP contribution in [0.3, 0.4) is 0 Å². The number of hydrogen-bond donors (Lipinski definition) is 1. The van der Waals surface area contributed by atoms with Crippen molar-refractivity contribution in [2.24, 2.45) is 0 Å². The second kappa shape index (κ2) is 10.5. The molecule has 0 saturated heterocycles. The fourth-order valence-corrected chi connectivity index (χ4v) is 2.71. The van der Waals surface area contributed by atoms with Crippen molar-refractivity contribution in [1.82, 2.24) is 0 Å². The number of esters is 2. The first-order chi connectivity index (χ1) is 15.0. The summed E-state index contributed by atoms with van der Waals surface area (Å²) >= 11 is 0. The molecule has 8 heteroatoms. The zero-order valence-electron chi connectivity index (χ0n) is 16.5. The molecular formula is C23H20N2O6. The average molecular weight is 420 g/mol. The molecule has 1 N–H and O–H groups in total. The van der Waals surface area contributed by atoms with E-state index in [1.165, 1.54) is 24.3 Å². The van der Waals surface area contributed by atoms with Crippen molar-refractivity contribution in [3.8, 4) is 0 Å². The van der Waals surface area contributed by atoms with Crippen LogP contribution in [0.4, 0.5) is 11.4 Å². The lowest BCUT2D eigenvalue weighted by molar-refractivity contribution is -0.384. The lowest BCUT2D eigenvalue weighted by Crippen LogP contribution is -2.18. The van der Waals surface area contributed by atoms with Gasteiger partial charge in [-0.15, -0.1) is 0 Å². The van der Waals surface area contributed by atoms with Gasteiger partial charge in [-0.3, -0.25) is 14.9 Å². The van der Waals surface area contributed by atoms with Crippen LogP contribution in [-0.2, 0) is 27.5 Å².